The summed E-state index contributed by atoms with van der Waals surface area (Å²) in [5.74, 6) is -0.0975. The Kier molecular flexibility index (Phi) is 6.05. The van der Waals surface area contributed by atoms with Crippen molar-refractivity contribution < 1.29 is 14.7 Å². The number of amides is 1. The van der Waals surface area contributed by atoms with Crippen LogP contribution in [0.2, 0.25) is 0 Å². The molecule has 2 aliphatic rings. The van der Waals surface area contributed by atoms with E-state index < -0.39 is 12.0 Å². The minimum atomic E-state index is -0.696. The maximum atomic E-state index is 13.1. The molecule has 0 heterocycles. The van der Waals surface area contributed by atoms with Gasteiger partial charge >= 0.3 is 0 Å². The Hall–Kier alpha value is -1.68. The Morgan fingerprint density at radius 3 is 2.37 bits per heavy atom. The fraction of sp³-hybridized carbons (Fsp3) is 0.652. The number of Topliss-reactive ketones (excluding diaryl/α,β-unsaturated/α-hetero) is 1. The summed E-state index contributed by atoms with van der Waals surface area (Å²) in [6, 6.07) is 4.14. The van der Waals surface area contributed by atoms with E-state index in [4.69, 9.17) is 0 Å². The largest absolute Gasteiger partial charge is 0.392 e. The maximum absolute atomic E-state index is 13.1. The standard InChI is InChI=1S/C23H33NO3/c1-5-8-24(13-17-6-7-17)20(26)12-18-11-19(25)22(23(18)27)21-15(3)9-14(2)10-16(21)4/h9-10,17-19,22,25H,5-8,11-13H2,1-4H3. The van der Waals surface area contributed by atoms with Crippen molar-refractivity contribution in [1.82, 2.24) is 4.90 Å². The molecule has 2 saturated carbocycles. The summed E-state index contributed by atoms with van der Waals surface area (Å²) in [6.07, 6.45) is 3.29. The molecule has 0 aromatic heterocycles. The quantitative estimate of drug-likeness (QED) is 0.795. The van der Waals surface area contributed by atoms with Crippen LogP contribution in [0, 0.1) is 32.6 Å². The molecule has 0 bridgehead atoms. The molecule has 0 aliphatic heterocycles. The van der Waals surface area contributed by atoms with Gasteiger partial charge in [0.2, 0.25) is 5.91 Å². The Morgan fingerprint density at radius 2 is 1.81 bits per heavy atom. The van der Waals surface area contributed by atoms with E-state index in [1.54, 1.807) is 0 Å². The van der Waals surface area contributed by atoms with E-state index >= 15 is 0 Å². The number of rotatable bonds is 7. The lowest BCUT2D eigenvalue weighted by Gasteiger charge is -2.23. The highest BCUT2D eigenvalue weighted by molar-refractivity contribution is 5.94. The number of hydrogen-bond donors (Lipinski definition) is 1. The molecule has 2 aliphatic carbocycles. The smallest absolute Gasteiger partial charge is 0.223 e. The van der Waals surface area contributed by atoms with Crippen LogP contribution in [0.1, 0.15) is 67.2 Å². The van der Waals surface area contributed by atoms with Crippen molar-refractivity contribution in [3.8, 4) is 0 Å². The number of ketones is 1. The molecule has 2 fully saturated rings. The zero-order valence-corrected chi connectivity index (χ0v) is 17.1. The van der Waals surface area contributed by atoms with Crippen molar-refractivity contribution in [2.75, 3.05) is 13.1 Å². The summed E-state index contributed by atoms with van der Waals surface area (Å²) in [7, 11) is 0. The summed E-state index contributed by atoms with van der Waals surface area (Å²) in [5.41, 5.74) is 4.23. The number of carbonyl (C=O) groups excluding carboxylic acids is 2. The van der Waals surface area contributed by atoms with Crippen molar-refractivity contribution in [3.63, 3.8) is 0 Å². The Balaban J connectivity index is 1.74. The van der Waals surface area contributed by atoms with Crippen molar-refractivity contribution >= 4 is 11.7 Å². The first-order valence-electron chi connectivity index (χ1n) is 10.4. The van der Waals surface area contributed by atoms with Crippen molar-refractivity contribution in [1.29, 1.82) is 0 Å². The lowest BCUT2D eigenvalue weighted by atomic mass is 9.85. The second-order valence-corrected chi connectivity index (χ2v) is 8.68. The van der Waals surface area contributed by atoms with Gasteiger partial charge in [0.15, 0.2) is 0 Å². The number of aliphatic hydroxyl groups is 1. The number of carbonyl (C=O) groups is 2. The van der Waals surface area contributed by atoms with E-state index in [2.05, 4.69) is 19.1 Å². The number of aryl methyl sites for hydroxylation is 3. The van der Waals surface area contributed by atoms with Gasteiger partial charge in [-0.1, -0.05) is 24.6 Å². The molecule has 0 saturated heterocycles. The molecule has 1 amide bonds. The van der Waals surface area contributed by atoms with Gasteiger partial charge in [-0.15, -0.1) is 0 Å². The fourth-order valence-corrected chi connectivity index (χ4v) is 4.73. The Morgan fingerprint density at radius 1 is 1.19 bits per heavy atom. The van der Waals surface area contributed by atoms with Crippen molar-refractivity contribution in [2.45, 2.75) is 71.8 Å². The molecule has 4 nitrogen and oxygen atoms in total. The van der Waals surface area contributed by atoms with Crippen LogP contribution in [0.4, 0.5) is 0 Å². The van der Waals surface area contributed by atoms with E-state index in [-0.39, 0.29) is 24.0 Å². The predicted molar refractivity (Wildman–Crippen MR) is 107 cm³/mol. The van der Waals surface area contributed by atoms with Gasteiger partial charge < -0.3 is 10.0 Å². The van der Waals surface area contributed by atoms with Crippen LogP contribution in [0.25, 0.3) is 0 Å². The van der Waals surface area contributed by atoms with E-state index in [1.807, 2.05) is 25.7 Å². The SMILES string of the molecule is CCCN(CC1CC1)C(=O)CC1CC(O)C(c2c(C)cc(C)cc2C)C1=O. The molecule has 27 heavy (non-hydrogen) atoms. The molecule has 0 spiro atoms. The minimum absolute atomic E-state index is 0.0359. The lowest BCUT2D eigenvalue weighted by Crippen LogP contribution is -2.35. The van der Waals surface area contributed by atoms with Crippen LogP contribution >= 0.6 is 0 Å². The molecule has 1 aromatic rings. The lowest BCUT2D eigenvalue weighted by molar-refractivity contribution is -0.135. The summed E-state index contributed by atoms with van der Waals surface area (Å²) in [4.78, 5) is 27.9. The zero-order valence-electron chi connectivity index (χ0n) is 17.1. The van der Waals surface area contributed by atoms with E-state index in [0.29, 0.717) is 12.3 Å². The van der Waals surface area contributed by atoms with Gasteiger partial charge in [-0.2, -0.15) is 0 Å². The maximum Gasteiger partial charge on any atom is 0.223 e. The normalized spacial score (nSPS) is 25.1. The number of hydrogen-bond acceptors (Lipinski definition) is 3. The van der Waals surface area contributed by atoms with Crippen LogP contribution in [0.3, 0.4) is 0 Å². The summed E-state index contributed by atoms with van der Waals surface area (Å²) in [5, 5.41) is 10.7. The van der Waals surface area contributed by atoms with Gasteiger partial charge in [0.1, 0.15) is 5.78 Å². The molecule has 1 N–H and O–H groups in total. The third-order valence-corrected chi connectivity index (χ3v) is 6.11. The molecule has 0 radical (unpaired) electrons. The van der Waals surface area contributed by atoms with E-state index in [9.17, 15) is 14.7 Å². The number of benzene rings is 1. The highest BCUT2D eigenvalue weighted by Gasteiger charge is 2.44. The third kappa shape index (κ3) is 4.43. The Bertz CT molecular complexity index is 699. The molecule has 3 rings (SSSR count). The summed E-state index contributed by atoms with van der Waals surface area (Å²) < 4.78 is 0. The second-order valence-electron chi connectivity index (χ2n) is 8.68. The van der Waals surface area contributed by atoms with Crippen molar-refractivity contribution in [3.05, 3.63) is 34.4 Å². The van der Waals surface area contributed by atoms with Gasteiger partial charge in [0.05, 0.1) is 12.0 Å². The fourth-order valence-electron chi connectivity index (χ4n) is 4.73. The molecule has 3 unspecified atom stereocenters. The van der Waals surface area contributed by atoms with Crippen LogP contribution in [0.15, 0.2) is 12.1 Å². The molecular formula is C23H33NO3. The second kappa shape index (κ2) is 8.14. The number of aliphatic hydroxyl groups excluding tert-OH is 1. The first-order chi connectivity index (χ1) is 12.8. The first kappa shape index (κ1) is 20.1. The van der Waals surface area contributed by atoms with Gasteiger partial charge in [0.25, 0.3) is 0 Å². The minimum Gasteiger partial charge on any atom is -0.392 e. The molecule has 1 aromatic carbocycles. The average Bonchev–Trinajstić information content (AvgIpc) is 3.35. The third-order valence-electron chi connectivity index (χ3n) is 6.11. The topological polar surface area (TPSA) is 57.6 Å². The van der Waals surface area contributed by atoms with E-state index in [0.717, 1.165) is 41.8 Å². The van der Waals surface area contributed by atoms with Crippen LogP contribution in [0.5, 0.6) is 0 Å². The predicted octanol–water partition coefficient (Wildman–Crippen LogP) is 3.68. The first-order valence-corrected chi connectivity index (χ1v) is 10.4. The van der Waals surface area contributed by atoms with Gasteiger partial charge in [-0.25, -0.2) is 0 Å². The highest BCUT2D eigenvalue weighted by atomic mass is 16.3. The van der Waals surface area contributed by atoms with Crippen LogP contribution in [-0.4, -0.2) is 40.9 Å². The molecule has 148 valence electrons. The average molecular weight is 372 g/mol. The van der Waals surface area contributed by atoms with Crippen LogP contribution < -0.4 is 0 Å². The molecule has 4 heteroatoms. The highest BCUT2D eigenvalue weighted by Crippen LogP contribution is 2.40. The summed E-state index contributed by atoms with van der Waals surface area (Å²) in [6.45, 7) is 9.73. The van der Waals surface area contributed by atoms with Gasteiger partial charge in [0, 0.05) is 25.4 Å². The van der Waals surface area contributed by atoms with E-state index in [1.165, 1.54) is 12.8 Å². The van der Waals surface area contributed by atoms with Gasteiger partial charge in [-0.05, 0) is 69.1 Å². The van der Waals surface area contributed by atoms with Gasteiger partial charge in [-0.3, -0.25) is 9.59 Å². The van der Waals surface area contributed by atoms with Crippen molar-refractivity contribution in [2.24, 2.45) is 11.8 Å². The molecular weight excluding hydrogens is 338 g/mol. The number of nitrogens with zero attached hydrogens (tertiary/aromatic N) is 1. The Labute approximate surface area is 163 Å². The summed E-state index contributed by atoms with van der Waals surface area (Å²) >= 11 is 0. The monoisotopic (exact) mass is 371 g/mol. The van der Waals surface area contributed by atoms with Crippen LogP contribution in [-0.2, 0) is 9.59 Å². The zero-order chi connectivity index (χ0) is 19.7. The molecule has 3 atom stereocenters.